The number of amides is 1. The van der Waals surface area contributed by atoms with Gasteiger partial charge in [-0.3, -0.25) is 4.79 Å². The van der Waals surface area contributed by atoms with Crippen LogP contribution in [0.5, 0.6) is 5.75 Å². The first-order chi connectivity index (χ1) is 8.64. The van der Waals surface area contributed by atoms with Gasteiger partial charge in [-0.1, -0.05) is 18.2 Å². The number of hydrogen-bond donors (Lipinski definition) is 2. The number of para-hydroxylation sites is 1. The molecular formula is C14H20N2O2. The Labute approximate surface area is 108 Å². The fraction of sp³-hybridized carbons (Fsp3) is 0.500. The molecule has 0 radical (unpaired) electrons. The molecule has 4 heteroatoms. The topological polar surface area (TPSA) is 64.3 Å². The fourth-order valence-corrected chi connectivity index (χ4v) is 2.41. The van der Waals surface area contributed by atoms with Crippen LogP contribution >= 0.6 is 0 Å². The summed E-state index contributed by atoms with van der Waals surface area (Å²) >= 11 is 0. The van der Waals surface area contributed by atoms with Gasteiger partial charge in [-0.2, -0.15) is 0 Å². The van der Waals surface area contributed by atoms with Crippen LogP contribution in [0, 0.1) is 6.92 Å². The number of carbonyl (C=O) groups excluding carboxylic acids is 1. The number of nitrogens with one attached hydrogen (secondary N) is 1. The molecule has 1 fully saturated rings. The first-order valence-corrected chi connectivity index (χ1v) is 6.37. The second-order valence-corrected chi connectivity index (χ2v) is 4.84. The Morgan fingerprint density at radius 1 is 1.50 bits per heavy atom. The lowest BCUT2D eigenvalue weighted by molar-refractivity contribution is -0.124. The second kappa shape index (κ2) is 5.40. The Morgan fingerprint density at radius 2 is 2.28 bits per heavy atom. The lowest BCUT2D eigenvalue weighted by atomic mass is 9.93. The highest BCUT2D eigenvalue weighted by atomic mass is 16.5. The predicted octanol–water partition coefficient (Wildman–Crippen LogP) is 1.37. The van der Waals surface area contributed by atoms with Gasteiger partial charge in [0.2, 0.25) is 5.91 Å². The van der Waals surface area contributed by atoms with Gasteiger partial charge in [0.15, 0.2) is 0 Å². The van der Waals surface area contributed by atoms with Crippen LogP contribution in [0.25, 0.3) is 0 Å². The molecule has 0 aromatic heterocycles. The van der Waals surface area contributed by atoms with Crippen molar-refractivity contribution in [1.29, 1.82) is 0 Å². The monoisotopic (exact) mass is 248 g/mol. The highest BCUT2D eigenvalue weighted by molar-refractivity contribution is 5.85. The number of hydrogen-bond acceptors (Lipinski definition) is 3. The van der Waals surface area contributed by atoms with Gasteiger partial charge in [-0.15, -0.1) is 0 Å². The van der Waals surface area contributed by atoms with E-state index in [9.17, 15) is 4.79 Å². The third-order valence-electron chi connectivity index (χ3n) is 3.60. The van der Waals surface area contributed by atoms with Gasteiger partial charge in [-0.05, 0) is 37.9 Å². The largest absolute Gasteiger partial charge is 0.493 e. The maximum absolute atomic E-state index is 11.5. The van der Waals surface area contributed by atoms with Crippen LogP contribution in [0.2, 0.25) is 0 Å². The Bertz CT molecular complexity index is 426. The molecule has 1 aromatic carbocycles. The molecule has 1 saturated heterocycles. The molecule has 0 bridgehead atoms. The standard InChI is InChI=1S/C14H20N2O2/c1-11-5-2-3-6-12(11)18-10-8-14(13(15)17)7-4-9-16-14/h2-3,5-6,16H,4,7-10H2,1H3,(H2,15,17). The summed E-state index contributed by atoms with van der Waals surface area (Å²) in [5.41, 5.74) is 6.02. The average molecular weight is 248 g/mol. The number of aryl methyl sites for hydroxylation is 1. The second-order valence-electron chi connectivity index (χ2n) is 4.84. The molecule has 0 spiro atoms. The molecule has 3 N–H and O–H groups in total. The molecule has 1 aliphatic rings. The first-order valence-electron chi connectivity index (χ1n) is 6.37. The third kappa shape index (κ3) is 2.64. The van der Waals surface area contributed by atoms with Crippen LogP contribution in [0.1, 0.15) is 24.8 Å². The molecule has 1 aromatic rings. The van der Waals surface area contributed by atoms with Gasteiger partial charge in [0.05, 0.1) is 6.61 Å². The van der Waals surface area contributed by atoms with Gasteiger partial charge >= 0.3 is 0 Å². The van der Waals surface area contributed by atoms with E-state index in [1.807, 2.05) is 31.2 Å². The Hall–Kier alpha value is -1.55. The smallest absolute Gasteiger partial charge is 0.237 e. The van der Waals surface area contributed by atoms with E-state index in [2.05, 4.69) is 5.32 Å². The number of benzene rings is 1. The fourth-order valence-electron chi connectivity index (χ4n) is 2.41. The van der Waals surface area contributed by atoms with E-state index < -0.39 is 5.54 Å². The summed E-state index contributed by atoms with van der Waals surface area (Å²) in [6.07, 6.45) is 2.42. The molecule has 98 valence electrons. The van der Waals surface area contributed by atoms with E-state index in [4.69, 9.17) is 10.5 Å². The minimum atomic E-state index is -0.567. The predicted molar refractivity (Wildman–Crippen MR) is 70.5 cm³/mol. The Balaban J connectivity index is 1.92. The molecule has 1 heterocycles. The zero-order chi connectivity index (χ0) is 13.0. The highest BCUT2D eigenvalue weighted by Gasteiger charge is 2.38. The van der Waals surface area contributed by atoms with Gasteiger partial charge in [0.1, 0.15) is 11.3 Å². The van der Waals surface area contributed by atoms with Gasteiger partial charge < -0.3 is 15.8 Å². The molecule has 1 aliphatic heterocycles. The SMILES string of the molecule is Cc1ccccc1OCCC1(C(N)=O)CCCN1. The number of carbonyl (C=O) groups is 1. The summed E-state index contributed by atoms with van der Waals surface area (Å²) in [5.74, 6) is 0.600. The quantitative estimate of drug-likeness (QED) is 0.827. The van der Waals surface area contributed by atoms with E-state index in [1.165, 1.54) is 0 Å². The van der Waals surface area contributed by atoms with Crippen LogP contribution < -0.4 is 15.8 Å². The molecule has 18 heavy (non-hydrogen) atoms. The van der Waals surface area contributed by atoms with Crippen LogP contribution in [-0.2, 0) is 4.79 Å². The van der Waals surface area contributed by atoms with Crippen molar-refractivity contribution in [2.24, 2.45) is 5.73 Å². The van der Waals surface area contributed by atoms with Crippen LogP contribution in [0.15, 0.2) is 24.3 Å². The van der Waals surface area contributed by atoms with E-state index in [1.54, 1.807) is 0 Å². The van der Waals surface area contributed by atoms with Gasteiger partial charge in [0.25, 0.3) is 0 Å². The van der Waals surface area contributed by atoms with Crippen molar-refractivity contribution in [3.8, 4) is 5.75 Å². The molecule has 1 unspecified atom stereocenters. The van der Waals surface area contributed by atoms with Gasteiger partial charge in [0, 0.05) is 6.42 Å². The van der Waals surface area contributed by atoms with Crippen molar-refractivity contribution in [1.82, 2.24) is 5.32 Å². The Kier molecular flexibility index (Phi) is 3.87. The summed E-state index contributed by atoms with van der Waals surface area (Å²) in [7, 11) is 0. The molecule has 0 saturated carbocycles. The molecule has 2 rings (SSSR count). The maximum atomic E-state index is 11.5. The van der Waals surface area contributed by atoms with Gasteiger partial charge in [-0.25, -0.2) is 0 Å². The number of rotatable bonds is 5. The summed E-state index contributed by atoms with van der Waals surface area (Å²) in [5, 5.41) is 3.22. The van der Waals surface area contributed by atoms with E-state index in [0.29, 0.717) is 13.0 Å². The number of nitrogens with two attached hydrogens (primary N) is 1. The zero-order valence-corrected chi connectivity index (χ0v) is 10.7. The molecule has 1 atom stereocenters. The Morgan fingerprint density at radius 3 is 2.89 bits per heavy atom. The summed E-state index contributed by atoms with van der Waals surface area (Å²) < 4.78 is 5.73. The van der Waals surface area contributed by atoms with E-state index in [-0.39, 0.29) is 5.91 Å². The van der Waals surface area contributed by atoms with Crippen LogP contribution in [0.4, 0.5) is 0 Å². The van der Waals surface area contributed by atoms with Crippen molar-refractivity contribution in [3.05, 3.63) is 29.8 Å². The van der Waals surface area contributed by atoms with E-state index >= 15 is 0 Å². The highest BCUT2D eigenvalue weighted by Crippen LogP contribution is 2.24. The lowest BCUT2D eigenvalue weighted by Crippen LogP contribution is -2.52. The van der Waals surface area contributed by atoms with Crippen molar-refractivity contribution < 1.29 is 9.53 Å². The number of ether oxygens (including phenoxy) is 1. The summed E-state index contributed by atoms with van der Waals surface area (Å²) in [6.45, 7) is 3.36. The minimum absolute atomic E-state index is 0.270. The maximum Gasteiger partial charge on any atom is 0.237 e. The van der Waals surface area contributed by atoms with Crippen molar-refractivity contribution >= 4 is 5.91 Å². The molecular weight excluding hydrogens is 228 g/mol. The lowest BCUT2D eigenvalue weighted by Gasteiger charge is -2.25. The van der Waals surface area contributed by atoms with Crippen molar-refractivity contribution in [2.75, 3.05) is 13.2 Å². The molecule has 0 aliphatic carbocycles. The zero-order valence-electron chi connectivity index (χ0n) is 10.7. The molecule has 1 amide bonds. The third-order valence-corrected chi connectivity index (χ3v) is 3.60. The van der Waals surface area contributed by atoms with Crippen molar-refractivity contribution in [2.45, 2.75) is 31.7 Å². The van der Waals surface area contributed by atoms with E-state index in [0.717, 1.165) is 30.7 Å². The normalized spacial score (nSPS) is 22.9. The van der Waals surface area contributed by atoms with Crippen LogP contribution in [0.3, 0.4) is 0 Å². The summed E-state index contributed by atoms with van der Waals surface area (Å²) in [4.78, 5) is 11.5. The van der Waals surface area contributed by atoms with Crippen LogP contribution in [-0.4, -0.2) is 24.6 Å². The first kappa shape index (κ1) is 12.9. The van der Waals surface area contributed by atoms with Crippen molar-refractivity contribution in [3.63, 3.8) is 0 Å². The summed E-state index contributed by atoms with van der Waals surface area (Å²) in [6, 6.07) is 7.87. The minimum Gasteiger partial charge on any atom is -0.493 e. The number of primary amides is 1. The average Bonchev–Trinajstić information content (AvgIpc) is 2.82. The molecule has 4 nitrogen and oxygen atoms in total.